The minimum absolute atomic E-state index is 0.0592. The SMILES string of the molecule is CC(=O)N[C@@H](C)C(=O)N1CCC[C@H](c2nc(C)ncc2-c2ccc(F)cc2)C1. The first-order chi connectivity index (χ1) is 13.3. The Morgan fingerprint density at radius 3 is 2.68 bits per heavy atom. The van der Waals surface area contributed by atoms with Crippen LogP contribution >= 0.6 is 0 Å². The van der Waals surface area contributed by atoms with Gasteiger partial charge in [-0.1, -0.05) is 12.1 Å². The van der Waals surface area contributed by atoms with E-state index in [0.29, 0.717) is 18.9 Å². The third-order valence-corrected chi connectivity index (χ3v) is 5.00. The number of nitrogens with zero attached hydrogens (tertiary/aromatic N) is 3. The van der Waals surface area contributed by atoms with Crippen LogP contribution < -0.4 is 5.32 Å². The van der Waals surface area contributed by atoms with E-state index in [4.69, 9.17) is 0 Å². The number of piperidine rings is 1. The average Bonchev–Trinajstić information content (AvgIpc) is 2.67. The van der Waals surface area contributed by atoms with E-state index in [0.717, 1.165) is 29.7 Å². The number of benzene rings is 1. The zero-order chi connectivity index (χ0) is 20.3. The second-order valence-corrected chi connectivity index (χ2v) is 7.27. The van der Waals surface area contributed by atoms with Crippen molar-refractivity contribution in [3.05, 3.63) is 47.8 Å². The van der Waals surface area contributed by atoms with Gasteiger partial charge in [0.15, 0.2) is 0 Å². The van der Waals surface area contributed by atoms with Crippen LogP contribution in [0.4, 0.5) is 4.39 Å². The molecule has 0 aliphatic carbocycles. The Balaban J connectivity index is 1.86. The van der Waals surface area contributed by atoms with Gasteiger partial charge in [-0.05, 0) is 44.4 Å². The van der Waals surface area contributed by atoms with E-state index >= 15 is 0 Å². The van der Waals surface area contributed by atoms with Gasteiger partial charge in [0, 0.05) is 37.7 Å². The molecule has 2 heterocycles. The standard InChI is InChI=1S/C21H25FN4O2/c1-13(24-15(3)27)21(28)26-10-4-5-17(12-26)20-19(11-23-14(2)25-20)16-6-8-18(22)9-7-16/h6-9,11,13,17H,4-5,10,12H2,1-3H3,(H,24,27)/t13-,17-/m0/s1. The Labute approximate surface area is 164 Å². The molecule has 3 rings (SSSR count). The Hall–Kier alpha value is -2.83. The molecule has 1 aliphatic rings. The predicted octanol–water partition coefficient (Wildman–Crippen LogP) is 2.82. The molecule has 0 spiro atoms. The molecular weight excluding hydrogens is 359 g/mol. The number of hydrogen-bond acceptors (Lipinski definition) is 4. The predicted molar refractivity (Wildman–Crippen MR) is 104 cm³/mol. The number of carbonyl (C=O) groups is 2. The smallest absolute Gasteiger partial charge is 0.244 e. The summed E-state index contributed by atoms with van der Waals surface area (Å²) in [5, 5.41) is 2.65. The highest BCUT2D eigenvalue weighted by Gasteiger charge is 2.30. The largest absolute Gasteiger partial charge is 0.345 e. The van der Waals surface area contributed by atoms with Gasteiger partial charge in [0.05, 0.1) is 5.69 Å². The summed E-state index contributed by atoms with van der Waals surface area (Å²) in [6.45, 7) is 6.14. The molecule has 0 bridgehead atoms. The molecule has 2 amide bonds. The minimum atomic E-state index is -0.556. The van der Waals surface area contributed by atoms with Crippen molar-refractivity contribution in [2.24, 2.45) is 0 Å². The Morgan fingerprint density at radius 1 is 1.29 bits per heavy atom. The van der Waals surface area contributed by atoms with Crippen molar-refractivity contribution in [3.63, 3.8) is 0 Å². The van der Waals surface area contributed by atoms with Crippen molar-refractivity contribution in [3.8, 4) is 11.1 Å². The van der Waals surface area contributed by atoms with Gasteiger partial charge in [-0.25, -0.2) is 14.4 Å². The number of halogens is 1. The lowest BCUT2D eigenvalue weighted by molar-refractivity contribution is -0.136. The average molecular weight is 384 g/mol. The molecule has 1 aromatic carbocycles. The maximum absolute atomic E-state index is 13.3. The van der Waals surface area contributed by atoms with Gasteiger partial charge in [-0.15, -0.1) is 0 Å². The number of aromatic nitrogens is 2. The van der Waals surface area contributed by atoms with Crippen LogP contribution in [0.15, 0.2) is 30.5 Å². The van der Waals surface area contributed by atoms with Crippen LogP contribution in [0.2, 0.25) is 0 Å². The van der Waals surface area contributed by atoms with Gasteiger partial charge in [0.1, 0.15) is 17.7 Å². The van der Waals surface area contributed by atoms with Crippen LogP contribution in [-0.2, 0) is 9.59 Å². The quantitative estimate of drug-likeness (QED) is 0.880. The molecule has 7 heteroatoms. The molecule has 28 heavy (non-hydrogen) atoms. The normalized spacial score (nSPS) is 17.9. The molecular formula is C21H25FN4O2. The van der Waals surface area contributed by atoms with Gasteiger partial charge >= 0.3 is 0 Å². The molecule has 1 N–H and O–H groups in total. The van der Waals surface area contributed by atoms with E-state index in [-0.39, 0.29) is 23.5 Å². The molecule has 6 nitrogen and oxygen atoms in total. The van der Waals surface area contributed by atoms with Gasteiger partial charge in [0.25, 0.3) is 0 Å². The monoisotopic (exact) mass is 384 g/mol. The van der Waals surface area contributed by atoms with Gasteiger partial charge < -0.3 is 10.2 Å². The van der Waals surface area contributed by atoms with E-state index in [1.807, 2.05) is 6.92 Å². The first-order valence-corrected chi connectivity index (χ1v) is 9.50. The summed E-state index contributed by atoms with van der Waals surface area (Å²) in [5.41, 5.74) is 2.59. The van der Waals surface area contributed by atoms with Crippen LogP contribution in [0.3, 0.4) is 0 Å². The van der Waals surface area contributed by atoms with Crippen molar-refractivity contribution in [2.75, 3.05) is 13.1 Å². The molecule has 148 valence electrons. The molecule has 0 saturated carbocycles. The molecule has 0 radical (unpaired) electrons. The number of carbonyl (C=O) groups excluding carboxylic acids is 2. The Morgan fingerprint density at radius 2 is 2.00 bits per heavy atom. The van der Waals surface area contributed by atoms with Crippen LogP contribution in [-0.4, -0.2) is 45.8 Å². The molecule has 1 fully saturated rings. The van der Waals surface area contributed by atoms with E-state index in [2.05, 4.69) is 15.3 Å². The van der Waals surface area contributed by atoms with Crippen molar-refractivity contribution in [1.29, 1.82) is 0 Å². The zero-order valence-electron chi connectivity index (χ0n) is 16.4. The molecule has 1 aromatic heterocycles. The highest BCUT2D eigenvalue weighted by molar-refractivity contribution is 5.86. The van der Waals surface area contributed by atoms with Crippen LogP contribution in [0.25, 0.3) is 11.1 Å². The maximum atomic E-state index is 13.3. The summed E-state index contributed by atoms with van der Waals surface area (Å²) in [4.78, 5) is 34.7. The van der Waals surface area contributed by atoms with Gasteiger partial charge in [-0.3, -0.25) is 9.59 Å². The number of aryl methyl sites for hydroxylation is 1. The first-order valence-electron chi connectivity index (χ1n) is 9.50. The van der Waals surface area contributed by atoms with Crippen LogP contribution in [0.5, 0.6) is 0 Å². The number of rotatable bonds is 4. The molecule has 2 atom stereocenters. The third kappa shape index (κ3) is 4.52. The van der Waals surface area contributed by atoms with Crippen molar-refractivity contribution >= 4 is 11.8 Å². The highest BCUT2D eigenvalue weighted by Crippen LogP contribution is 2.33. The van der Waals surface area contributed by atoms with Gasteiger partial charge in [-0.2, -0.15) is 0 Å². The number of amides is 2. The molecule has 2 aromatic rings. The first kappa shape index (κ1) is 19.9. The molecule has 1 aliphatic heterocycles. The highest BCUT2D eigenvalue weighted by atomic mass is 19.1. The van der Waals surface area contributed by atoms with E-state index < -0.39 is 6.04 Å². The fourth-order valence-electron chi connectivity index (χ4n) is 3.69. The van der Waals surface area contributed by atoms with E-state index in [9.17, 15) is 14.0 Å². The van der Waals surface area contributed by atoms with E-state index in [1.165, 1.54) is 19.1 Å². The minimum Gasteiger partial charge on any atom is -0.345 e. The summed E-state index contributed by atoms with van der Waals surface area (Å²) in [5.74, 6) is 0.119. The molecule has 0 unspecified atom stereocenters. The number of hydrogen-bond donors (Lipinski definition) is 1. The Bertz CT molecular complexity index is 869. The summed E-state index contributed by atoms with van der Waals surface area (Å²) >= 11 is 0. The Kier molecular flexibility index (Phi) is 6.02. The second kappa shape index (κ2) is 8.46. The lowest BCUT2D eigenvalue weighted by atomic mass is 9.89. The zero-order valence-corrected chi connectivity index (χ0v) is 16.4. The summed E-state index contributed by atoms with van der Waals surface area (Å²) in [6.07, 6.45) is 3.53. The second-order valence-electron chi connectivity index (χ2n) is 7.27. The lowest BCUT2D eigenvalue weighted by Crippen LogP contribution is -2.49. The maximum Gasteiger partial charge on any atom is 0.244 e. The summed E-state index contributed by atoms with van der Waals surface area (Å²) < 4.78 is 13.3. The fourth-order valence-corrected chi connectivity index (χ4v) is 3.69. The molecule has 1 saturated heterocycles. The number of likely N-dealkylation sites (tertiary alicyclic amines) is 1. The summed E-state index contributed by atoms with van der Waals surface area (Å²) in [7, 11) is 0. The van der Waals surface area contributed by atoms with Crippen LogP contribution in [0, 0.1) is 12.7 Å². The topological polar surface area (TPSA) is 75.2 Å². The lowest BCUT2D eigenvalue weighted by Gasteiger charge is -2.34. The van der Waals surface area contributed by atoms with E-state index in [1.54, 1.807) is 30.2 Å². The van der Waals surface area contributed by atoms with Crippen molar-refractivity contribution in [2.45, 2.75) is 45.6 Å². The third-order valence-electron chi connectivity index (χ3n) is 5.00. The number of nitrogens with one attached hydrogen (secondary N) is 1. The van der Waals surface area contributed by atoms with Gasteiger partial charge in [0.2, 0.25) is 11.8 Å². The summed E-state index contributed by atoms with van der Waals surface area (Å²) in [6, 6.07) is 5.73. The van der Waals surface area contributed by atoms with Crippen molar-refractivity contribution < 1.29 is 14.0 Å². The fraction of sp³-hybridized carbons (Fsp3) is 0.429. The van der Waals surface area contributed by atoms with Crippen LogP contribution in [0.1, 0.15) is 44.1 Å². The van der Waals surface area contributed by atoms with Crippen molar-refractivity contribution in [1.82, 2.24) is 20.2 Å².